The molecule has 0 aliphatic heterocycles. The van der Waals surface area contributed by atoms with Crippen LogP contribution >= 0.6 is 15.9 Å². The lowest BCUT2D eigenvalue weighted by atomic mass is 10.2. The fraction of sp³-hybridized carbons (Fsp3) is 0.176. The van der Waals surface area contributed by atoms with Gasteiger partial charge in [0.25, 0.3) is 5.91 Å². The topological polar surface area (TPSA) is 89.5 Å². The maximum absolute atomic E-state index is 11.9. The number of aryl methyl sites for hydroxylation is 1. The first kappa shape index (κ1) is 19.1. The van der Waals surface area contributed by atoms with Gasteiger partial charge in [-0.25, -0.2) is 13.2 Å². The van der Waals surface area contributed by atoms with Crippen LogP contribution in [0.25, 0.3) is 0 Å². The summed E-state index contributed by atoms with van der Waals surface area (Å²) in [6.07, 6.45) is 1.08. The zero-order chi connectivity index (χ0) is 18.6. The van der Waals surface area contributed by atoms with E-state index >= 15 is 0 Å². The van der Waals surface area contributed by atoms with Gasteiger partial charge < -0.3 is 10.1 Å². The Kier molecular flexibility index (Phi) is 5.97. The highest BCUT2D eigenvalue weighted by atomic mass is 79.9. The van der Waals surface area contributed by atoms with E-state index < -0.39 is 28.3 Å². The summed E-state index contributed by atoms with van der Waals surface area (Å²) in [5, 5.41) is 2.63. The van der Waals surface area contributed by atoms with E-state index in [1.54, 1.807) is 18.2 Å². The summed E-state index contributed by atoms with van der Waals surface area (Å²) >= 11 is 3.37. The van der Waals surface area contributed by atoms with Crippen LogP contribution in [0.4, 0.5) is 5.69 Å². The van der Waals surface area contributed by atoms with Crippen LogP contribution in [0.5, 0.6) is 0 Å². The van der Waals surface area contributed by atoms with Gasteiger partial charge in [0.15, 0.2) is 16.4 Å². The summed E-state index contributed by atoms with van der Waals surface area (Å²) in [6.45, 7) is 1.45. The molecule has 0 aliphatic rings. The molecule has 2 rings (SSSR count). The summed E-state index contributed by atoms with van der Waals surface area (Å²) < 4.78 is 28.6. The van der Waals surface area contributed by atoms with Crippen molar-refractivity contribution in [3.63, 3.8) is 0 Å². The molecule has 132 valence electrons. The number of anilines is 1. The second-order valence-electron chi connectivity index (χ2n) is 5.38. The Labute approximate surface area is 154 Å². The predicted molar refractivity (Wildman–Crippen MR) is 97.3 cm³/mol. The molecule has 2 aromatic carbocycles. The number of halogens is 1. The second kappa shape index (κ2) is 7.79. The highest BCUT2D eigenvalue weighted by molar-refractivity contribution is 9.10. The SMILES string of the molecule is Cc1cc(NC(=O)COC(=O)c2ccc(S(C)(=O)=O)cc2)ccc1Br. The van der Waals surface area contributed by atoms with Crippen LogP contribution in [0.15, 0.2) is 51.8 Å². The lowest BCUT2D eigenvalue weighted by Gasteiger charge is -2.08. The van der Waals surface area contributed by atoms with E-state index in [4.69, 9.17) is 4.74 Å². The molecule has 25 heavy (non-hydrogen) atoms. The van der Waals surface area contributed by atoms with Crippen LogP contribution in [-0.2, 0) is 19.4 Å². The second-order valence-corrected chi connectivity index (χ2v) is 8.25. The van der Waals surface area contributed by atoms with E-state index in [-0.39, 0.29) is 10.5 Å². The third kappa shape index (κ3) is 5.40. The van der Waals surface area contributed by atoms with E-state index in [1.807, 2.05) is 6.92 Å². The monoisotopic (exact) mass is 425 g/mol. The third-order valence-electron chi connectivity index (χ3n) is 3.29. The average Bonchev–Trinajstić information content (AvgIpc) is 2.55. The molecule has 1 N–H and O–H groups in total. The van der Waals surface area contributed by atoms with Crippen LogP contribution in [0.3, 0.4) is 0 Å². The van der Waals surface area contributed by atoms with Gasteiger partial charge in [-0.3, -0.25) is 4.79 Å². The molecule has 0 aliphatic carbocycles. The van der Waals surface area contributed by atoms with Crippen molar-refractivity contribution in [3.05, 3.63) is 58.1 Å². The molecule has 0 bridgehead atoms. The smallest absolute Gasteiger partial charge is 0.338 e. The average molecular weight is 426 g/mol. The van der Waals surface area contributed by atoms with Crippen LogP contribution in [0.2, 0.25) is 0 Å². The quantitative estimate of drug-likeness (QED) is 0.743. The number of hydrogen-bond donors (Lipinski definition) is 1. The molecule has 0 saturated carbocycles. The number of carbonyl (C=O) groups is 2. The maximum Gasteiger partial charge on any atom is 0.338 e. The number of sulfone groups is 1. The fourth-order valence-electron chi connectivity index (χ4n) is 1.97. The molecule has 0 atom stereocenters. The Morgan fingerprint density at radius 1 is 1.12 bits per heavy atom. The van der Waals surface area contributed by atoms with E-state index in [1.165, 1.54) is 24.3 Å². The van der Waals surface area contributed by atoms with E-state index in [2.05, 4.69) is 21.2 Å². The number of amides is 1. The first-order chi connectivity index (χ1) is 11.7. The van der Waals surface area contributed by atoms with E-state index in [0.717, 1.165) is 16.3 Å². The fourth-order valence-corrected chi connectivity index (χ4v) is 2.85. The minimum Gasteiger partial charge on any atom is -0.452 e. The third-order valence-corrected chi connectivity index (χ3v) is 5.31. The number of benzene rings is 2. The minimum absolute atomic E-state index is 0.104. The summed E-state index contributed by atoms with van der Waals surface area (Å²) in [4.78, 5) is 23.9. The largest absolute Gasteiger partial charge is 0.452 e. The molecular formula is C17H16BrNO5S. The zero-order valence-electron chi connectivity index (χ0n) is 13.6. The molecule has 0 heterocycles. The van der Waals surface area contributed by atoms with Crippen molar-refractivity contribution in [2.75, 3.05) is 18.2 Å². The molecule has 0 saturated heterocycles. The van der Waals surface area contributed by atoms with Gasteiger partial charge in [-0.05, 0) is 55.0 Å². The number of carbonyl (C=O) groups excluding carboxylic acids is 2. The van der Waals surface area contributed by atoms with Crippen molar-refractivity contribution in [2.45, 2.75) is 11.8 Å². The van der Waals surface area contributed by atoms with Gasteiger partial charge in [-0.2, -0.15) is 0 Å². The number of nitrogens with one attached hydrogen (secondary N) is 1. The molecule has 1 amide bonds. The minimum atomic E-state index is -3.33. The van der Waals surface area contributed by atoms with Crippen molar-refractivity contribution >= 4 is 43.3 Å². The number of rotatable bonds is 5. The molecule has 6 nitrogen and oxygen atoms in total. The Balaban J connectivity index is 1.92. The summed E-state index contributed by atoms with van der Waals surface area (Å²) in [6, 6.07) is 10.6. The highest BCUT2D eigenvalue weighted by Gasteiger charge is 2.13. The number of hydrogen-bond acceptors (Lipinski definition) is 5. The van der Waals surface area contributed by atoms with Crippen LogP contribution in [0.1, 0.15) is 15.9 Å². The van der Waals surface area contributed by atoms with Crippen LogP contribution in [0, 0.1) is 6.92 Å². The molecule has 8 heteroatoms. The number of ether oxygens (including phenoxy) is 1. The summed E-state index contributed by atoms with van der Waals surface area (Å²) in [7, 11) is -3.33. The Hall–Kier alpha value is -2.19. The molecule has 2 aromatic rings. The maximum atomic E-state index is 11.9. The summed E-state index contributed by atoms with van der Waals surface area (Å²) in [5.74, 6) is -1.18. The van der Waals surface area contributed by atoms with Crippen molar-refractivity contribution in [3.8, 4) is 0 Å². The summed E-state index contributed by atoms with van der Waals surface area (Å²) in [5.41, 5.74) is 1.72. The van der Waals surface area contributed by atoms with Crippen LogP contribution < -0.4 is 5.32 Å². The predicted octanol–water partition coefficient (Wildman–Crippen LogP) is 2.96. The molecule has 0 fully saturated rings. The van der Waals surface area contributed by atoms with Crippen molar-refractivity contribution in [1.82, 2.24) is 0 Å². The molecule has 0 unspecified atom stereocenters. The van der Waals surface area contributed by atoms with Crippen molar-refractivity contribution < 1.29 is 22.7 Å². The molecule has 0 radical (unpaired) electrons. The normalized spacial score (nSPS) is 11.0. The van der Waals surface area contributed by atoms with Gasteiger partial charge in [0.1, 0.15) is 0 Å². The Morgan fingerprint density at radius 2 is 1.76 bits per heavy atom. The standard InChI is InChI=1S/C17H16BrNO5S/c1-11-9-13(5-8-15(11)18)19-16(20)10-24-17(21)12-3-6-14(7-4-12)25(2,22)23/h3-9H,10H2,1-2H3,(H,19,20). The highest BCUT2D eigenvalue weighted by Crippen LogP contribution is 2.20. The first-order valence-corrected chi connectivity index (χ1v) is 9.88. The Bertz CT molecular complexity index is 907. The van der Waals surface area contributed by atoms with Crippen LogP contribution in [-0.4, -0.2) is 33.2 Å². The van der Waals surface area contributed by atoms with E-state index in [9.17, 15) is 18.0 Å². The molecule has 0 aromatic heterocycles. The van der Waals surface area contributed by atoms with Gasteiger partial charge in [0.05, 0.1) is 10.5 Å². The van der Waals surface area contributed by atoms with Gasteiger partial charge in [-0.1, -0.05) is 15.9 Å². The van der Waals surface area contributed by atoms with E-state index in [0.29, 0.717) is 5.69 Å². The lowest BCUT2D eigenvalue weighted by Crippen LogP contribution is -2.21. The Morgan fingerprint density at radius 3 is 2.32 bits per heavy atom. The lowest BCUT2D eigenvalue weighted by molar-refractivity contribution is -0.119. The molecular weight excluding hydrogens is 410 g/mol. The van der Waals surface area contributed by atoms with Gasteiger partial charge >= 0.3 is 5.97 Å². The van der Waals surface area contributed by atoms with Crippen molar-refractivity contribution in [1.29, 1.82) is 0 Å². The van der Waals surface area contributed by atoms with Gasteiger partial charge in [0, 0.05) is 16.4 Å². The zero-order valence-corrected chi connectivity index (χ0v) is 16.0. The molecule has 0 spiro atoms. The van der Waals surface area contributed by atoms with Gasteiger partial charge in [-0.15, -0.1) is 0 Å². The first-order valence-electron chi connectivity index (χ1n) is 7.20. The van der Waals surface area contributed by atoms with Crippen molar-refractivity contribution in [2.24, 2.45) is 0 Å². The van der Waals surface area contributed by atoms with Gasteiger partial charge in [0.2, 0.25) is 0 Å². The number of esters is 1.